The van der Waals surface area contributed by atoms with E-state index in [1.807, 2.05) is 44.2 Å². The summed E-state index contributed by atoms with van der Waals surface area (Å²) in [5.74, 6) is -0.641. The molecule has 3 amide bonds. The van der Waals surface area contributed by atoms with Gasteiger partial charge in [0.1, 0.15) is 11.5 Å². The van der Waals surface area contributed by atoms with Crippen LogP contribution in [-0.2, 0) is 9.59 Å². The van der Waals surface area contributed by atoms with Crippen LogP contribution in [0.3, 0.4) is 0 Å². The average molecular weight is 526 g/mol. The number of carbonyl (C=O) groups is 3. The quantitative estimate of drug-likeness (QED) is 0.181. The highest BCUT2D eigenvalue weighted by molar-refractivity contribution is 8.00. The summed E-state index contributed by atoms with van der Waals surface area (Å²) in [6, 6.07) is 26.8. The van der Waals surface area contributed by atoms with Crippen LogP contribution in [0.15, 0.2) is 112 Å². The van der Waals surface area contributed by atoms with Gasteiger partial charge in [-0.15, -0.1) is 11.8 Å². The molecule has 3 N–H and O–H groups in total. The molecule has 1 heterocycles. The smallest absolute Gasteiger partial charge is 0.272 e. The summed E-state index contributed by atoms with van der Waals surface area (Å²) in [6.07, 6.45) is 2.95. The van der Waals surface area contributed by atoms with Crippen molar-refractivity contribution in [2.45, 2.75) is 24.0 Å². The van der Waals surface area contributed by atoms with Crippen molar-refractivity contribution in [2.24, 2.45) is 0 Å². The van der Waals surface area contributed by atoms with E-state index in [0.29, 0.717) is 17.0 Å². The van der Waals surface area contributed by atoms with Crippen molar-refractivity contribution in [1.29, 1.82) is 0 Å². The Bertz CT molecular complexity index is 1450. The molecule has 0 aliphatic heterocycles. The lowest BCUT2D eigenvalue weighted by molar-refractivity contribution is -0.115. The van der Waals surface area contributed by atoms with Crippen LogP contribution in [-0.4, -0.2) is 23.0 Å². The Kier molecular flexibility index (Phi) is 8.79. The van der Waals surface area contributed by atoms with Gasteiger partial charge in [0, 0.05) is 27.9 Å². The van der Waals surface area contributed by atoms with Crippen LogP contribution in [0.4, 0.5) is 11.4 Å². The Morgan fingerprint density at radius 2 is 1.58 bits per heavy atom. The number of hydrogen-bond donors (Lipinski definition) is 3. The van der Waals surface area contributed by atoms with Gasteiger partial charge in [-0.25, -0.2) is 0 Å². The molecule has 1 unspecified atom stereocenters. The summed E-state index contributed by atoms with van der Waals surface area (Å²) in [7, 11) is 0. The maximum absolute atomic E-state index is 13.2. The monoisotopic (exact) mass is 525 g/mol. The zero-order valence-electron chi connectivity index (χ0n) is 20.9. The highest BCUT2D eigenvalue weighted by Crippen LogP contribution is 2.27. The van der Waals surface area contributed by atoms with Crippen molar-refractivity contribution in [1.82, 2.24) is 5.32 Å². The molecule has 8 heteroatoms. The first kappa shape index (κ1) is 26.5. The fourth-order valence-electron chi connectivity index (χ4n) is 3.53. The van der Waals surface area contributed by atoms with Gasteiger partial charge in [0.2, 0.25) is 5.91 Å². The summed E-state index contributed by atoms with van der Waals surface area (Å²) >= 11 is 1.37. The number of amides is 3. The van der Waals surface area contributed by atoms with Crippen LogP contribution < -0.4 is 16.0 Å². The Labute approximate surface area is 225 Å². The number of benzene rings is 3. The van der Waals surface area contributed by atoms with E-state index in [-0.39, 0.29) is 16.9 Å². The molecule has 0 radical (unpaired) electrons. The number of thioether (sulfide) groups is 1. The number of furan rings is 1. The van der Waals surface area contributed by atoms with E-state index in [1.165, 1.54) is 24.1 Å². The fourth-order valence-corrected chi connectivity index (χ4v) is 4.45. The first-order chi connectivity index (χ1) is 18.4. The summed E-state index contributed by atoms with van der Waals surface area (Å²) < 4.78 is 5.34. The van der Waals surface area contributed by atoms with Crippen LogP contribution in [0.5, 0.6) is 0 Å². The second kappa shape index (κ2) is 12.6. The van der Waals surface area contributed by atoms with Crippen molar-refractivity contribution in [3.8, 4) is 0 Å². The maximum Gasteiger partial charge on any atom is 0.272 e. The molecule has 7 nitrogen and oxygen atoms in total. The van der Waals surface area contributed by atoms with E-state index in [4.69, 9.17) is 4.42 Å². The molecule has 0 saturated heterocycles. The number of anilines is 2. The second-order valence-electron chi connectivity index (χ2n) is 8.49. The Balaban J connectivity index is 1.44. The van der Waals surface area contributed by atoms with Crippen molar-refractivity contribution in [3.63, 3.8) is 0 Å². The largest absolute Gasteiger partial charge is 0.465 e. The van der Waals surface area contributed by atoms with Gasteiger partial charge in [-0.3, -0.25) is 14.4 Å². The topological polar surface area (TPSA) is 100 Å². The normalized spacial score (nSPS) is 11.9. The number of hydrogen-bond acceptors (Lipinski definition) is 5. The lowest BCUT2D eigenvalue weighted by Crippen LogP contribution is -2.30. The Morgan fingerprint density at radius 3 is 2.29 bits per heavy atom. The second-order valence-corrected chi connectivity index (χ2v) is 9.91. The average Bonchev–Trinajstić information content (AvgIpc) is 3.42. The third-order valence-electron chi connectivity index (χ3n) is 5.42. The van der Waals surface area contributed by atoms with Gasteiger partial charge in [0.05, 0.1) is 11.5 Å². The number of rotatable bonds is 9. The summed E-state index contributed by atoms with van der Waals surface area (Å²) in [4.78, 5) is 39.4. The molecule has 0 aliphatic rings. The molecule has 1 aromatic heterocycles. The van der Waals surface area contributed by atoms with E-state index in [1.54, 1.807) is 60.7 Å². The summed E-state index contributed by atoms with van der Waals surface area (Å²) in [5, 5.41) is 8.05. The van der Waals surface area contributed by atoms with Gasteiger partial charge < -0.3 is 20.4 Å². The van der Waals surface area contributed by atoms with Gasteiger partial charge in [-0.1, -0.05) is 36.4 Å². The molecule has 0 fully saturated rings. The molecule has 4 rings (SSSR count). The number of nitrogens with one attached hydrogen (secondary N) is 3. The van der Waals surface area contributed by atoms with E-state index in [9.17, 15) is 14.4 Å². The van der Waals surface area contributed by atoms with Crippen LogP contribution in [0.25, 0.3) is 6.08 Å². The molecular formula is C30H27N3O4S. The minimum atomic E-state index is -0.516. The van der Waals surface area contributed by atoms with E-state index >= 15 is 0 Å². The predicted molar refractivity (Wildman–Crippen MR) is 151 cm³/mol. The molecule has 0 saturated carbocycles. The van der Waals surface area contributed by atoms with Gasteiger partial charge in [-0.2, -0.15) is 0 Å². The van der Waals surface area contributed by atoms with Gasteiger partial charge in [-0.05, 0) is 74.0 Å². The zero-order chi connectivity index (χ0) is 26.9. The van der Waals surface area contributed by atoms with Crippen molar-refractivity contribution in [3.05, 3.63) is 120 Å². The lowest BCUT2D eigenvalue weighted by atomic mass is 10.2. The first-order valence-electron chi connectivity index (χ1n) is 11.9. The first-order valence-corrected chi connectivity index (χ1v) is 12.8. The van der Waals surface area contributed by atoms with Crippen LogP contribution in [0.1, 0.15) is 28.6 Å². The molecule has 3 aromatic carbocycles. The van der Waals surface area contributed by atoms with E-state index < -0.39 is 11.8 Å². The van der Waals surface area contributed by atoms with E-state index in [2.05, 4.69) is 16.0 Å². The standard InChI is InChI=1S/C30H27N3O4S/c1-20-9-6-12-23(17-20)31-28(34)21(2)38-26-15-7-13-24(18-26)32-30(36)27(19-25-14-8-16-37-25)33-29(35)22-10-4-3-5-11-22/h3-19,21H,1-2H3,(H,31,34)(H,32,36)(H,33,35)/b27-19-. The maximum atomic E-state index is 13.2. The fraction of sp³-hybridized carbons (Fsp3) is 0.100. The predicted octanol–water partition coefficient (Wildman–Crippen LogP) is 6.12. The van der Waals surface area contributed by atoms with E-state index in [0.717, 1.165) is 16.1 Å². The molecule has 1 atom stereocenters. The van der Waals surface area contributed by atoms with Crippen molar-refractivity contribution >= 4 is 46.9 Å². The SMILES string of the molecule is Cc1cccc(NC(=O)C(C)Sc2cccc(NC(=O)/C(=C/c3ccco3)NC(=O)c3ccccc3)c2)c1. The summed E-state index contributed by atoms with van der Waals surface area (Å²) in [6.45, 7) is 3.79. The van der Waals surface area contributed by atoms with Gasteiger partial charge >= 0.3 is 0 Å². The van der Waals surface area contributed by atoms with Crippen molar-refractivity contribution < 1.29 is 18.8 Å². The van der Waals surface area contributed by atoms with Gasteiger partial charge in [0.25, 0.3) is 11.8 Å². The number of aryl methyl sites for hydroxylation is 1. The van der Waals surface area contributed by atoms with Crippen LogP contribution in [0, 0.1) is 6.92 Å². The minimum Gasteiger partial charge on any atom is -0.465 e. The molecule has 0 aliphatic carbocycles. The Morgan fingerprint density at radius 1 is 0.842 bits per heavy atom. The van der Waals surface area contributed by atoms with Gasteiger partial charge in [0.15, 0.2) is 0 Å². The summed E-state index contributed by atoms with van der Waals surface area (Å²) in [5.41, 5.74) is 2.77. The minimum absolute atomic E-state index is 0.0257. The molecule has 38 heavy (non-hydrogen) atoms. The Hall–Kier alpha value is -4.56. The lowest BCUT2D eigenvalue weighted by Gasteiger charge is -2.14. The third-order valence-corrected chi connectivity index (χ3v) is 6.51. The molecule has 0 bridgehead atoms. The molecular weight excluding hydrogens is 498 g/mol. The molecule has 0 spiro atoms. The van der Waals surface area contributed by atoms with Crippen LogP contribution in [0.2, 0.25) is 0 Å². The molecule has 192 valence electrons. The third kappa shape index (κ3) is 7.47. The number of carbonyl (C=O) groups excluding carboxylic acids is 3. The molecule has 4 aromatic rings. The highest BCUT2D eigenvalue weighted by atomic mass is 32.2. The van der Waals surface area contributed by atoms with Crippen LogP contribution >= 0.6 is 11.8 Å². The van der Waals surface area contributed by atoms with Crippen molar-refractivity contribution in [2.75, 3.05) is 10.6 Å². The highest BCUT2D eigenvalue weighted by Gasteiger charge is 2.18. The zero-order valence-corrected chi connectivity index (χ0v) is 21.8.